The predicted molar refractivity (Wildman–Crippen MR) is 135 cm³/mol. The summed E-state index contributed by atoms with van der Waals surface area (Å²) in [6.45, 7) is 4.38. The molecule has 2 aromatic heterocycles. The maximum absolute atomic E-state index is 2.45. The molecule has 160 valence electrons. The van der Waals surface area contributed by atoms with Gasteiger partial charge in [0.15, 0.2) is 0 Å². The molecule has 3 nitrogen and oxygen atoms in total. The van der Waals surface area contributed by atoms with E-state index in [4.69, 9.17) is 0 Å². The first-order valence-corrected chi connectivity index (χ1v) is 11.5. The molecule has 3 aromatic carbocycles. The first kappa shape index (κ1) is 19.4. The van der Waals surface area contributed by atoms with Gasteiger partial charge < -0.3 is 14.0 Å². The molecule has 1 aliphatic rings. The third kappa shape index (κ3) is 2.85. The minimum Gasteiger partial charge on any atom is -0.351 e. The van der Waals surface area contributed by atoms with Crippen LogP contribution in [0.1, 0.15) is 16.8 Å². The zero-order valence-corrected chi connectivity index (χ0v) is 19.3. The van der Waals surface area contributed by atoms with Gasteiger partial charge in [0.05, 0.1) is 5.52 Å². The van der Waals surface area contributed by atoms with Crippen molar-refractivity contribution >= 4 is 21.8 Å². The van der Waals surface area contributed by atoms with E-state index >= 15 is 0 Å². The van der Waals surface area contributed by atoms with Crippen LogP contribution in [-0.2, 0) is 27.1 Å². The summed E-state index contributed by atoms with van der Waals surface area (Å²) in [6, 6.07) is 22.7. The lowest BCUT2D eigenvalue weighted by atomic mass is 9.91. The van der Waals surface area contributed by atoms with E-state index in [2.05, 4.69) is 109 Å². The Morgan fingerprint density at radius 2 is 1.62 bits per heavy atom. The van der Waals surface area contributed by atoms with Crippen molar-refractivity contribution in [3.8, 4) is 22.3 Å². The molecule has 0 bridgehead atoms. The molecule has 0 aliphatic carbocycles. The second-order valence-corrected chi connectivity index (χ2v) is 9.43. The molecule has 0 atom stereocenters. The van der Waals surface area contributed by atoms with Gasteiger partial charge in [-0.25, -0.2) is 0 Å². The fourth-order valence-electron chi connectivity index (χ4n) is 5.61. The van der Waals surface area contributed by atoms with Crippen molar-refractivity contribution in [2.45, 2.75) is 19.9 Å². The quantitative estimate of drug-likeness (QED) is 0.327. The van der Waals surface area contributed by atoms with Crippen LogP contribution in [0.3, 0.4) is 0 Å². The van der Waals surface area contributed by atoms with Crippen molar-refractivity contribution in [2.24, 2.45) is 14.1 Å². The third-order valence-corrected chi connectivity index (χ3v) is 7.24. The van der Waals surface area contributed by atoms with Crippen LogP contribution in [-0.4, -0.2) is 27.6 Å². The highest BCUT2D eigenvalue weighted by molar-refractivity contribution is 6.02. The lowest BCUT2D eigenvalue weighted by molar-refractivity contribution is 0.305. The molecule has 32 heavy (non-hydrogen) atoms. The maximum atomic E-state index is 2.45. The fraction of sp³-hybridized carbons (Fsp3) is 0.241. The van der Waals surface area contributed by atoms with Crippen LogP contribution in [0, 0.1) is 6.92 Å². The van der Waals surface area contributed by atoms with E-state index in [1.54, 1.807) is 0 Å². The van der Waals surface area contributed by atoms with E-state index < -0.39 is 0 Å². The number of hydrogen-bond acceptors (Lipinski definition) is 1. The Balaban J connectivity index is 1.62. The number of benzene rings is 3. The van der Waals surface area contributed by atoms with Gasteiger partial charge in [-0.1, -0.05) is 30.3 Å². The molecular weight excluding hydrogens is 390 g/mol. The van der Waals surface area contributed by atoms with Gasteiger partial charge >= 0.3 is 0 Å². The summed E-state index contributed by atoms with van der Waals surface area (Å²) in [5.74, 6) is 0. The number of hydrogen-bond donors (Lipinski definition) is 0. The molecule has 3 heterocycles. The number of rotatable bonds is 2. The summed E-state index contributed by atoms with van der Waals surface area (Å²) in [5.41, 5.74) is 12.2. The Labute approximate surface area is 189 Å². The minimum absolute atomic E-state index is 1.02. The Kier molecular flexibility index (Phi) is 4.31. The summed E-state index contributed by atoms with van der Waals surface area (Å²) >= 11 is 0. The largest absolute Gasteiger partial charge is 0.351 e. The molecule has 0 radical (unpaired) electrons. The normalized spacial score (nSPS) is 14.4. The van der Waals surface area contributed by atoms with Crippen LogP contribution in [0.2, 0.25) is 0 Å². The molecule has 3 heteroatoms. The van der Waals surface area contributed by atoms with Crippen LogP contribution in [0.5, 0.6) is 0 Å². The van der Waals surface area contributed by atoms with Crippen LogP contribution in [0.25, 0.3) is 44.1 Å². The lowest BCUT2D eigenvalue weighted by Crippen LogP contribution is -2.27. The molecular formula is C29H29N3. The molecule has 0 saturated carbocycles. The number of aryl methyl sites for hydroxylation is 3. The van der Waals surface area contributed by atoms with E-state index in [9.17, 15) is 0 Å². The molecule has 0 spiro atoms. The number of fused-ring (bicyclic) bond motifs is 4. The average molecular weight is 420 g/mol. The Hall–Kier alpha value is -3.30. The average Bonchev–Trinajstić information content (AvgIpc) is 3.30. The second kappa shape index (κ2) is 7.11. The monoisotopic (exact) mass is 419 g/mol. The van der Waals surface area contributed by atoms with Crippen LogP contribution >= 0.6 is 0 Å². The van der Waals surface area contributed by atoms with E-state index in [-0.39, 0.29) is 0 Å². The minimum atomic E-state index is 1.02. The molecule has 6 rings (SSSR count). The number of likely N-dealkylation sites (N-methyl/N-ethyl adjacent to an activating group) is 1. The summed E-state index contributed by atoms with van der Waals surface area (Å²) < 4.78 is 4.63. The van der Waals surface area contributed by atoms with E-state index in [0.29, 0.717) is 0 Å². The van der Waals surface area contributed by atoms with Gasteiger partial charge in [-0.05, 0) is 78.5 Å². The van der Waals surface area contributed by atoms with E-state index in [0.717, 1.165) is 19.5 Å². The molecule has 0 N–H and O–H groups in total. The molecule has 5 aromatic rings. The van der Waals surface area contributed by atoms with Crippen molar-refractivity contribution in [1.82, 2.24) is 14.0 Å². The standard InChI is InChI=1S/C29H29N3/c1-19-15-25(29-26(16-19)24-12-13-30(2)18-28(24)32(29)4)23-8-6-5-7-22(23)20-9-10-27-21(17-20)11-14-31(27)3/h5-11,14-17H,12-13,18H2,1-4H3. The van der Waals surface area contributed by atoms with Crippen molar-refractivity contribution in [3.05, 3.63) is 83.7 Å². The molecule has 0 saturated heterocycles. The highest BCUT2D eigenvalue weighted by Crippen LogP contribution is 2.41. The van der Waals surface area contributed by atoms with Crippen LogP contribution in [0.4, 0.5) is 0 Å². The van der Waals surface area contributed by atoms with Crippen molar-refractivity contribution in [1.29, 1.82) is 0 Å². The molecule has 0 fully saturated rings. The zero-order chi connectivity index (χ0) is 22.0. The Bertz CT molecular complexity index is 1500. The van der Waals surface area contributed by atoms with Gasteiger partial charge in [0, 0.05) is 60.9 Å². The first-order valence-electron chi connectivity index (χ1n) is 11.5. The number of aromatic nitrogens is 2. The van der Waals surface area contributed by atoms with Gasteiger partial charge in [-0.3, -0.25) is 0 Å². The molecule has 0 amide bonds. The SMILES string of the molecule is Cc1cc(-c2ccccc2-c2ccc3c(ccn3C)c2)c2c(c1)c1c(n2C)CN(C)CC1. The molecule has 1 aliphatic heterocycles. The van der Waals surface area contributed by atoms with E-state index in [1.165, 1.54) is 60.9 Å². The smallest absolute Gasteiger partial charge is 0.0563 e. The fourth-order valence-corrected chi connectivity index (χ4v) is 5.61. The first-order chi connectivity index (χ1) is 15.5. The summed E-state index contributed by atoms with van der Waals surface area (Å²) in [7, 11) is 6.58. The van der Waals surface area contributed by atoms with Gasteiger partial charge in [0.1, 0.15) is 0 Å². The highest BCUT2D eigenvalue weighted by Gasteiger charge is 2.24. The highest BCUT2D eigenvalue weighted by atomic mass is 15.1. The van der Waals surface area contributed by atoms with Crippen molar-refractivity contribution < 1.29 is 0 Å². The van der Waals surface area contributed by atoms with Gasteiger partial charge in [0.25, 0.3) is 0 Å². The van der Waals surface area contributed by atoms with Gasteiger partial charge in [-0.2, -0.15) is 0 Å². The summed E-state index contributed by atoms with van der Waals surface area (Å²) in [6.07, 6.45) is 3.26. The number of nitrogens with zero attached hydrogens (tertiary/aromatic N) is 3. The zero-order valence-electron chi connectivity index (χ0n) is 19.3. The van der Waals surface area contributed by atoms with Crippen LogP contribution in [0.15, 0.2) is 66.9 Å². The Morgan fingerprint density at radius 3 is 2.47 bits per heavy atom. The van der Waals surface area contributed by atoms with E-state index in [1.807, 2.05) is 0 Å². The van der Waals surface area contributed by atoms with Crippen LogP contribution < -0.4 is 0 Å². The topological polar surface area (TPSA) is 13.1 Å². The van der Waals surface area contributed by atoms with Gasteiger partial charge in [-0.15, -0.1) is 0 Å². The Morgan fingerprint density at radius 1 is 0.812 bits per heavy atom. The van der Waals surface area contributed by atoms with Crippen molar-refractivity contribution in [3.63, 3.8) is 0 Å². The predicted octanol–water partition coefficient (Wildman–Crippen LogP) is 6.30. The summed E-state index contributed by atoms with van der Waals surface area (Å²) in [4.78, 5) is 2.43. The summed E-state index contributed by atoms with van der Waals surface area (Å²) in [5, 5.41) is 2.71. The lowest BCUT2D eigenvalue weighted by Gasteiger charge is -2.23. The van der Waals surface area contributed by atoms with Gasteiger partial charge in [0.2, 0.25) is 0 Å². The molecule has 0 unspecified atom stereocenters. The second-order valence-electron chi connectivity index (χ2n) is 9.43. The maximum Gasteiger partial charge on any atom is 0.0563 e. The third-order valence-electron chi connectivity index (χ3n) is 7.24. The van der Waals surface area contributed by atoms with Crippen molar-refractivity contribution in [2.75, 3.05) is 13.6 Å².